The third kappa shape index (κ3) is 4.41. The summed E-state index contributed by atoms with van der Waals surface area (Å²) >= 11 is 0. The second-order valence-electron chi connectivity index (χ2n) is 8.53. The molecular weight excluding hydrogens is 444 g/mol. The zero-order valence-corrected chi connectivity index (χ0v) is 20.6. The number of carbonyl (C=O) groups is 1. The molecule has 5 nitrogen and oxygen atoms in total. The summed E-state index contributed by atoms with van der Waals surface area (Å²) in [5.74, 6) is -0.0742. The van der Waals surface area contributed by atoms with E-state index in [1.807, 2.05) is 67.8 Å². The molecule has 0 spiro atoms. The Bertz CT molecular complexity index is 1450. The van der Waals surface area contributed by atoms with Gasteiger partial charge in [-0.2, -0.15) is 0 Å². The monoisotopic (exact) mass is 472 g/mol. The number of anilines is 1. The topological polar surface area (TPSA) is 68.2 Å². The van der Waals surface area contributed by atoms with Crippen LogP contribution in [0, 0.1) is 27.7 Å². The molecule has 1 amide bonds. The van der Waals surface area contributed by atoms with E-state index in [0.29, 0.717) is 17.7 Å². The van der Waals surface area contributed by atoms with Crippen molar-refractivity contribution >= 4 is 21.6 Å². The lowest BCUT2D eigenvalue weighted by atomic mass is 10.1. The maximum Gasteiger partial charge on any atom is 0.256 e. The summed E-state index contributed by atoms with van der Waals surface area (Å²) in [4.78, 5) is 13.5. The first-order valence-corrected chi connectivity index (χ1v) is 12.6. The van der Waals surface area contributed by atoms with Gasteiger partial charge in [-0.1, -0.05) is 54.6 Å². The van der Waals surface area contributed by atoms with Crippen molar-refractivity contribution < 1.29 is 13.2 Å². The Balaban J connectivity index is 1.90. The number of hydrogen-bond acceptors (Lipinski definition) is 3. The van der Waals surface area contributed by atoms with Gasteiger partial charge in [0, 0.05) is 17.8 Å². The standard InChI is InChI=1S/C28H28N2O3S/c1-19-15-16-25(17-20(19)2)34(32,33)26-21(3)22(4)30(18-23-11-7-5-8-12-23)27(26)29-28(31)24-13-9-6-10-14-24/h5-17H,18H2,1-4H3,(H,29,31). The van der Waals surface area contributed by atoms with E-state index in [2.05, 4.69) is 5.32 Å². The van der Waals surface area contributed by atoms with Gasteiger partial charge in [0.25, 0.3) is 5.91 Å². The van der Waals surface area contributed by atoms with Crippen LogP contribution in [0.2, 0.25) is 0 Å². The van der Waals surface area contributed by atoms with Crippen molar-refractivity contribution in [3.8, 4) is 0 Å². The minimum atomic E-state index is -3.90. The highest BCUT2D eigenvalue weighted by molar-refractivity contribution is 7.91. The number of aromatic nitrogens is 1. The maximum absolute atomic E-state index is 13.9. The molecule has 0 aliphatic rings. The highest BCUT2D eigenvalue weighted by Gasteiger charge is 2.31. The van der Waals surface area contributed by atoms with Crippen LogP contribution in [-0.4, -0.2) is 18.9 Å². The number of hydrogen-bond donors (Lipinski definition) is 1. The second-order valence-corrected chi connectivity index (χ2v) is 10.4. The third-order valence-corrected chi connectivity index (χ3v) is 8.19. The summed E-state index contributed by atoms with van der Waals surface area (Å²) in [7, 11) is -3.90. The first-order valence-electron chi connectivity index (χ1n) is 11.1. The Morgan fingerprint density at radius 2 is 1.44 bits per heavy atom. The molecule has 0 fully saturated rings. The predicted molar refractivity (Wildman–Crippen MR) is 135 cm³/mol. The lowest BCUT2D eigenvalue weighted by molar-refractivity contribution is 0.102. The van der Waals surface area contributed by atoms with Gasteiger partial charge in [0.2, 0.25) is 9.84 Å². The van der Waals surface area contributed by atoms with E-state index < -0.39 is 9.84 Å². The quantitative estimate of drug-likeness (QED) is 0.382. The number of benzene rings is 3. The Morgan fingerprint density at radius 3 is 2.06 bits per heavy atom. The van der Waals surface area contributed by atoms with Crippen LogP contribution in [0.4, 0.5) is 5.82 Å². The fourth-order valence-corrected chi connectivity index (χ4v) is 5.80. The first kappa shape index (κ1) is 23.5. The lowest BCUT2D eigenvalue weighted by Gasteiger charge is -2.15. The second kappa shape index (κ2) is 9.31. The van der Waals surface area contributed by atoms with Crippen LogP contribution in [0.3, 0.4) is 0 Å². The van der Waals surface area contributed by atoms with Gasteiger partial charge in [-0.15, -0.1) is 0 Å². The molecular formula is C28H28N2O3S. The summed E-state index contributed by atoms with van der Waals surface area (Å²) in [6.45, 7) is 7.95. The van der Waals surface area contributed by atoms with E-state index in [1.54, 1.807) is 43.3 Å². The molecule has 0 aliphatic carbocycles. The van der Waals surface area contributed by atoms with Gasteiger partial charge >= 0.3 is 0 Å². The minimum absolute atomic E-state index is 0.133. The average Bonchev–Trinajstić information content (AvgIpc) is 3.06. The number of aryl methyl sites for hydroxylation is 2. The summed E-state index contributed by atoms with van der Waals surface area (Å²) in [6.07, 6.45) is 0. The molecule has 4 aromatic rings. The molecule has 1 aromatic heterocycles. The van der Waals surface area contributed by atoms with Crippen molar-refractivity contribution in [2.75, 3.05) is 5.32 Å². The van der Waals surface area contributed by atoms with Crippen molar-refractivity contribution in [3.63, 3.8) is 0 Å². The van der Waals surface area contributed by atoms with Gasteiger partial charge in [-0.25, -0.2) is 8.42 Å². The van der Waals surface area contributed by atoms with Crippen LogP contribution in [-0.2, 0) is 16.4 Å². The number of carbonyl (C=O) groups excluding carboxylic acids is 1. The molecule has 4 rings (SSSR count). The van der Waals surface area contributed by atoms with E-state index in [1.165, 1.54) is 0 Å². The molecule has 0 radical (unpaired) electrons. The van der Waals surface area contributed by atoms with Crippen LogP contribution in [0.25, 0.3) is 0 Å². The SMILES string of the molecule is Cc1ccc(S(=O)(=O)c2c(C)c(C)n(Cc3ccccc3)c2NC(=O)c2ccccc2)cc1C. The Labute approximate surface area is 201 Å². The van der Waals surface area contributed by atoms with Crippen molar-refractivity contribution in [2.24, 2.45) is 0 Å². The Kier molecular flexibility index (Phi) is 6.44. The summed E-state index contributed by atoms with van der Waals surface area (Å²) in [6, 6.07) is 23.7. The molecule has 0 saturated carbocycles. The number of sulfone groups is 1. The molecule has 0 saturated heterocycles. The number of nitrogens with zero attached hydrogens (tertiary/aromatic N) is 1. The van der Waals surface area contributed by atoms with Gasteiger partial charge in [0.05, 0.1) is 4.90 Å². The molecule has 174 valence electrons. The zero-order valence-electron chi connectivity index (χ0n) is 19.8. The summed E-state index contributed by atoms with van der Waals surface area (Å²) < 4.78 is 29.7. The van der Waals surface area contributed by atoms with E-state index in [-0.39, 0.29) is 21.5 Å². The molecule has 0 unspecified atom stereocenters. The largest absolute Gasteiger partial charge is 0.326 e. The van der Waals surface area contributed by atoms with Gasteiger partial charge in [0.1, 0.15) is 10.7 Å². The van der Waals surface area contributed by atoms with Crippen LogP contribution in [0.5, 0.6) is 0 Å². The molecule has 0 aliphatic heterocycles. The van der Waals surface area contributed by atoms with Crippen LogP contribution in [0.1, 0.15) is 38.3 Å². The van der Waals surface area contributed by atoms with Crippen LogP contribution < -0.4 is 5.32 Å². The Hall–Kier alpha value is -3.64. The smallest absolute Gasteiger partial charge is 0.256 e. The maximum atomic E-state index is 13.9. The Morgan fingerprint density at radius 1 is 0.824 bits per heavy atom. The predicted octanol–water partition coefficient (Wildman–Crippen LogP) is 5.86. The number of amides is 1. The molecule has 0 bridgehead atoms. The van der Waals surface area contributed by atoms with E-state index in [0.717, 1.165) is 22.4 Å². The van der Waals surface area contributed by atoms with Gasteiger partial charge in [0.15, 0.2) is 0 Å². The molecule has 1 heterocycles. The third-order valence-electron chi connectivity index (χ3n) is 6.28. The fraction of sp³-hybridized carbons (Fsp3) is 0.179. The van der Waals surface area contributed by atoms with Crippen molar-refractivity contribution in [1.29, 1.82) is 0 Å². The molecule has 1 N–H and O–H groups in total. The number of nitrogens with one attached hydrogen (secondary N) is 1. The first-order chi connectivity index (χ1) is 16.2. The lowest BCUT2D eigenvalue weighted by Crippen LogP contribution is -2.18. The molecule has 3 aromatic carbocycles. The molecule has 6 heteroatoms. The molecule has 34 heavy (non-hydrogen) atoms. The van der Waals surface area contributed by atoms with Gasteiger partial charge in [-0.05, 0) is 74.2 Å². The van der Waals surface area contributed by atoms with E-state index in [4.69, 9.17) is 0 Å². The van der Waals surface area contributed by atoms with Gasteiger partial charge in [-0.3, -0.25) is 4.79 Å². The van der Waals surface area contributed by atoms with Crippen LogP contribution >= 0.6 is 0 Å². The van der Waals surface area contributed by atoms with Gasteiger partial charge < -0.3 is 9.88 Å². The average molecular weight is 473 g/mol. The number of rotatable bonds is 6. The molecule has 0 atom stereocenters. The van der Waals surface area contributed by atoms with Crippen molar-refractivity contribution in [3.05, 3.63) is 112 Å². The fourth-order valence-electron chi connectivity index (χ4n) is 4.02. The normalized spacial score (nSPS) is 11.4. The van der Waals surface area contributed by atoms with Crippen molar-refractivity contribution in [2.45, 2.75) is 44.0 Å². The zero-order chi connectivity index (χ0) is 24.5. The van der Waals surface area contributed by atoms with E-state index >= 15 is 0 Å². The summed E-state index contributed by atoms with van der Waals surface area (Å²) in [5, 5.41) is 2.92. The van der Waals surface area contributed by atoms with Crippen molar-refractivity contribution in [1.82, 2.24) is 4.57 Å². The summed E-state index contributed by atoms with van der Waals surface area (Å²) in [5.41, 5.74) is 4.79. The highest BCUT2D eigenvalue weighted by atomic mass is 32.2. The van der Waals surface area contributed by atoms with Crippen LogP contribution in [0.15, 0.2) is 88.7 Å². The highest BCUT2D eigenvalue weighted by Crippen LogP contribution is 2.36. The minimum Gasteiger partial charge on any atom is -0.326 e. The van der Waals surface area contributed by atoms with E-state index in [9.17, 15) is 13.2 Å².